The zero-order valence-corrected chi connectivity index (χ0v) is 25.5. The van der Waals surface area contributed by atoms with E-state index < -0.39 is 0 Å². The van der Waals surface area contributed by atoms with Crippen molar-refractivity contribution in [2.45, 2.75) is 19.3 Å². The van der Waals surface area contributed by atoms with Crippen LogP contribution in [0.3, 0.4) is 0 Å². The molecule has 1 aliphatic carbocycles. The summed E-state index contributed by atoms with van der Waals surface area (Å²) in [6.07, 6.45) is 0. The Morgan fingerprint density at radius 1 is 0.667 bits per heavy atom. The van der Waals surface area contributed by atoms with Crippen LogP contribution >= 0.6 is 11.3 Å². The maximum absolute atomic E-state index is 9.67. The molecule has 9 rings (SSSR count). The molecule has 0 atom stereocenters. The Kier molecular flexibility index (Phi) is 5.25. The van der Waals surface area contributed by atoms with Crippen molar-refractivity contribution in [1.29, 1.82) is 5.26 Å². The molecule has 0 amide bonds. The highest BCUT2D eigenvalue weighted by atomic mass is 32.1. The molecule has 45 heavy (non-hydrogen) atoms. The second-order valence-electron chi connectivity index (χ2n) is 12.4. The molecule has 0 unspecified atom stereocenters. The standard InChI is InChI=1S/C41H25N3S/c1-41(2)33-12-6-4-9-26(33)29-21-32-39(22-34(29)41)45-38-14-8-11-28(40(32)38)31-20-25(43-3)16-18-37(31)44-35-13-7-5-10-27(35)30-19-24(23-42)15-17-36(30)44/h4-22H,1-2H3. The molecular formula is C41H25N3S. The summed E-state index contributed by atoms with van der Waals surface area (Å²) in [7, 11) is 0. The van der Waals surface area contributed by atoms with E-state index in [9.17, 15) is 5.26 Å². The fraction of sp³-hybridized carbons (Fsp3) is 0.0732. The van der Waals surface area contributed by atoms with Gasteiger partial charge in [0.2, 0.25) is 0 Å². The minimum absolute atomic E-state index is 0.0573. The number of nitrogens with zero attached hydrogens (tertiary/aromatic N) is 3. The molecule has 1 aliphatic rings. The van der Waals surface area contributed by atoms with Gasteiger partial charge in [-0.25, -0.2) is 4.85 Å². The number of aromatic nitrogens is 1. The lowest BCUT2D eigenvalue weighted by Crippen LogP contribution is -2.14. The van der Waals surface area contributed by atoms with Crippen molar-refractivity contribution in [3.8, 4) is 34.0 Å². The summed E-state index contributed by atoms with van der Waals surface area (Å²) in [6.45, 7) is 12.6. The normalized spacial score (nSPS) is 13.2. The Morgan fingerprint density at radius 2 is 1.47 bits per heavy atom. The van der Waals surface area contributed by atoms with Gasteiger partial charge in [-0.15, -0.1) is 11.3 Å². The van der Waals surface area contributed by atoms with Crippen LogP contribution in [0.25, 0.3) is 74.8 Å². The quantitative estimate of drug-likeness (QED) is 0.184. The summed E-state index contributed by atoms with van der Waals surface area (Å²) in [5.74, 6) is 0. The maximum Gasteiger partial charge on any atom is 0.188 e. The average molecular weight is 592 g/mol. The Labute approximate surface area is 264 Å². The van der Waals surface area contributed by atoms with Gasteiger partial charge in [0.05, 0.1) is 34.9 Å². The van der Waals surface area contributed by atoms with E-state index >= 15 is 0 Å². The third-order valence-corrected chi connectivity index (χ3v) is 10.8. The molecule has 6 aromatic carbocycles. The summed E-state index contributed by atoms with van der Waals surface area (Å²) in [5.41, 5.74) is 11.8. The van der Waals surface area contributed by atoms with Crippen molar-refractivity contribution in [2.75, 3.05) is 0 Å². The SMILES string of the molecule is [C-]#[N+]c1ccc(-n2c3ccccc3c3cc(C#N)ccc32)c(-c2cccc3sc4cc5c(cc4c23)-c2ccccc2C5(C)C)c1. The van der Waals surface area contributed by atoms with Gasteiger partial charge < -0.3 is 4.57 Å². The van der Waals surface area contributed by atoms with E-state index in [-0.39, 0.29) is 5.41 Å². The maximum atomic E-state index is 9.67. The van der Waals surface area contributed by atoms with Crippen LogP contribution in [0.1, 0.15) is 30.5 Å². The van der Waals surface area contributed by atoms with Gasteiger partial charge >= 0.3 is 0 Å². The van der Waals surface area contributed by atoms with E-state index in [2.05, 4.69) is 108 Å². The van der Waals surface area contributed by atoms with Crippen LogP contribution in [0.5, 0.6) is 0 Å². The average Bonchev–Trinajstić information content (AvgIpc) is 3.69. The predicted octanol–water partition coefficient (Wildman–Crippen LogP) is 11.5. The zero-order valence-electron chi connectivity index (χ0n) is 24.7. The van der Waals surface area contributed by atoms with Crippen LogP contribution in [0.4, 0.5) is 5.69 Å². The molecule has 0 fully saturated rings. The largest absolute Gasteiger partial charge is 0.309 e. The van der Waals surface area contributed by atoms with Gasteiger partial charge in [-0.3, -0.25) is 0 Å². The second-order valence-corrected chi connectivity index (χ2v) is 13.4. The lowest BCUT2D eigenvalue weighted by atomic mass is 9.82. The number of para-hydroxylation sites is 1. The molecule has 4 heteroatoms. The Hall–Kier alpha value is -5.68. The van der Waals surface area contributed by atoms with Gasteiger partial charge in [-0.2, -0.15) is 5.26 Å². The molecule has 0 saturated heterocycles. The summed E-state index contributed by atoms with van der Waals surface area (Å²) in [6, 6.07) is 42.8. The molecule has 0 N–H and O–H groups in total. The van der Waals surface area contributed by atoms with Gasteiger partial charge in [-0.1, -0.05) is 74.5 Å². The van der Waals surface area contributed by atoms with Gasteiger partial charge in [0.1, 0.15) is 0 Å². The van der Waals surface area contributed by atoms with Crippen molar-refractivity contribution in [2.24, 2.45) is 0 Å². The van der Waals surface area contributed by atoms with E-state index in [1.165, 1.54) is 42.4 Å². The van der Waals surface area contributed by atoms with Crippen molar-refractivity contribution >= 4 is 59.0 Å². The van der Waals surface area contributed by atoms with Crippen molar-refractivity contribution < 1.29 is 0 Å². The Morgan fingerprint density at radius 3 is 2.33 bits per heavy atom. The number of nitriles is 1. The van der Waals surface area contributed by atoms with Gasteiger partial charge in [0.15, 0.2) is 5.69 Å². The summed E-state index contributed by atoms with van der Waals surface area (Å²) in [4.78, 5) is 3.85. The van der Waals surface area contributed by atoms with Crippen molar-refractivity contribution in [1.82, 2.24) is 4.57 Å². The van der Waals surface area contributed by atoms with Crippen LogP contribution in [-0.4, -0.2) is 4.57 Å². The van der Waals surface area contributed by atoms with Crippen LogP contribution in [0.2, 0.25) is 0 Å². The third-order valence-electron chi connectivity index (χ3n) is 9.64. The number of fused-ring (bicyclic) bond motifs is 9. The second kappa shape index (κ2) is 9.16. The highest BCUT2D eigenvalue weighted by molar-refractivity contribution is 7.26. The van der Waals surface area contributed by atoms with Crippen molar-refractivity contribution in [3.63, 3.8) is 0 Å². The number of hydrogen-bond acceptors (Lipinski definition) is 2. The topological polar surface area (TPSA) is 33.1 Å². The molecule has 0 spiro atoms. The van der Waals surface area contributed by atoms with Crippen LogP contribution in [0.15, 0.2) is 115 Å². The lowest BCUT2D eigenvalue weighted by Gasteiger charge is -2.21. The van der Waals surface area contributed by atoms with E-state index in [4.69, 9.17) is 6.57 Å². The van der Waals surface area contributed by atoms with Crippen LogP contribution in [-0.2, 0) is 5.41 Å². The summed E-state index contributed by atoms with van der Waals surface area (Å²) in [5, 5.41) is 14.3. The molecule has 8 aromatic rings. The molecule has 0 saturated carbocycles. The van der Waals surface area contributed by atoms with Crippen molar-refractivity contribution in [3.05, 3.63) is 143 Å². The first-order valence-corrected chi connectivity index (χ1v) is 15.8. The fourth-order valence-electron chi connectivity index (χ4n) is 7.55. The van der Waals surface area contributed by atoms with E-state index in [0.717, 1.165) is 38.6 Å². The third kappa shape index (κ3) is 3.49. The summed E-state index contributed by atoms with van der Waals surface area (Å²) >= 11 is 1.84. The van der Waals surface area contributed by atoms with Gasteiger partial charge in [0, 0.05) is 36.4 Å². The molecule has 0 bridgehead atoms. The molecule has 210 valence electrons. The Balaban J connectivity index is 1.38. The van der Waals surface area contributed by atoms with Crippen LogP contribution < -0.4 is 0 Å². The van der Waals surface area contributed by atoms with Gasteiger partial charge in [-0.05, 0) is 88.0 Å². The molecule has 0 aliphatic heterocycles. The van der Waals surface area contributed by atoms with E-state index in [0.29, 0.717) is 11.3 Å². The van der Waals surface area contributed by atoms with E-state index in [1.807, 2.05) is 47.7 Å². The number of rotatable bonds is 2. The first-order valence-electron chi connectivity index (χ1n) is 15.0. The summed E-state index contributed by atoms with van der Waals surface area (Å²) < 4.78 is 4.80. The molecule has 3 nitrogen and oxygen atoms in total. The first-order chi connectivity index (χ1) is 22.0. The molecule has 2 heterocycles. The zero-order chi connectivity index (χ0) is 30.4. The monoisotopic (exact) mass is 591 g/mol. The Bertz CT molecular complexity index is 2650. The predicted molar refractivity (Wildman–Crippen MR) is 188 cm³/mol. The lowest BCUT2D eigenvalue weighted by molar-refractivity contribution is 0.661. The van der Waals surface area contributed by atoms with Gasteiger partial charge in [0.25, 0.3) is 0 Å². The number of benzene rings is 6. The minimum Gasteiger partial charge on any atom is -0.309 e. The number of thiophene rings is 1. The fourth-order valence-corrected chi connectivity index (χ4v) is 8.70. The molecule has 2 aromatic heterocycles. The smallest absolute Gasteiger partial charge is 0.188 e. The molecular weight excluding hydrogens is 567 g/mol. The first kappa shape index (κ1) is 25.8. The van der Waals surface area contributed by atoms with E-state index in [1.54, 1.807) is 0 Å². The number of hydrogen-bond donors (Lipinski definition) is 0. The minimum atomic E-state index is -0.0573. The van der Waals surface area contributed by atoms with Crippen LogP contribution in [0, 0.1) is 17.9 Å². The molecule has 0 radical (unpaired) electrons. The highest BCUT2D eigenvalue weighted by Gasteiger charge is 2.35. The highest BCUT2D eigenvalue weighted by Crippen LogP contribution is 2.52.